The number of nitrogens with zero attached hydrogens (tertiary/aromatic N) is 1. The fourth-order valence-electron chi connectivity index (χ4n) is 1.72. The number of aromatic amines is 1. The molecule has 96 valence electrons. The van der Waals surface area contributed by atoms with E-state index in [0.717, 1.165) is 21.5 Å². The molecule has 0 aliphatic rings. The van der Waals surface area contributed by atoms with Gasteiger partial charge < -0.3 is 4.98 Å². The minimum absolute atomic E-state index is 0.0853. The third-order valence-corrected chi connectivity index (χ3v) is 4.65. The monoisotopic (exact) mass is 326 g/mol. The van der Waals surface area contributed by atoms with Crippen molar-refractivity contribution in [3.8, 4) is 10.7 Å². The standard InChI is InChI=1S/C13H15BrN2OS/c1-7(2)4-9-5-12(17)16-13(15-9)11-6-10(14)8(3)18-11/h5-7H,4H2,1-3H3,(H,15,16,17). The quantitative estimate of drug-likeness (QED) is 0.933. The lowest BCUT2D eigenvalue weighted by molar-refractivity contribution is 0.634. The molecule has 2 aromatic rings. The molecule has 0 atom stereocenters. The van der Waals surface area contributed by atoms with Crippen molar-refractivity contribution in [3.63, 3.8) is 0 Å². The van der Waals surface area contributed by atoms with E-state index in [9.17, 15) is 4.79 Å². The molecule has 0 saturated carbocycles. The molecule has 2 rings (SSSR count). The highest BCUT2D eigenvalue weighted by Gasteiger charge is 2.09. The average Bonchev–Trinajstić information content (AvgIpc) is 2.57. The van der Waals surface area contributed by atoms with Gasteiger partial charge in [0.2, 0.25) is 0 Å². The largest absolute Gasteiger partial charge is 0.306 e. The van der Waals surface area contributed by atoms with Gasteiger partial charge in [0.15, 0.2) is 5.82 Å². The summed E-state index contributed by atoms with van der Waals surface area (Å²) < 4.78 is 1.06. The lowest BCUT2D eigenvalue weighted by atomic mass is 10.1. The number of halogens is 1. The van der Waals surface area contributed by atoms with Crippen LogP contribution in [0.5, 0.6) is 0 Å². The van der Waals surface area contributed by atoms with E-state index in [4.69, 9.17) is 0 Å². The maximum atomic E-state index is 11.7. The zero-order valence-corrected chi connectivity index (χ0v) is 13.0. The molecule has 0 aromatic carbocycles. The first-order chi connectivity index (χ1) is 8.45. The lowest BCUT2D eigenvalue weighted by Crippen LogP contribution is -2.11. The highest BCUT2D eigenvalue weighted by molar-refractivity contribution is 9.10. The molecular weight excluding hydrogens is 312 g/mol. The van der Waals surface area contributed by atoms with Crippen LogP contribution in [0, 0.1) is 12.8 Å². The van der Waals surface area contributed by atoms with E-state index >= 15 is 0 Å². The number of thiophene rings is 1. The van der Waals surface area contributed by atoms with Gasteiger partial charge in [-0.15, -0.1) is 11.3 Å². The summed E-state index contributed by atoms with van der Waals surface area (Å²) in [5.41, 5.74) is 0.767. The molecule has 2 heterocycles. The minimum Gasteiger partial charge on any atom is -0.306 e. The number of nitrogens with one attached hydrogen (secondary N) is 1. The average molecular weight is 327 g/mol. The zero-order chi connectivity index (χ0) is 13.3. The molecule has 0 unspecified atom stereocenters. The van der Waals surface area contributed by atoms with Crippen LogP contribution < -0.4 is 5.56 Å². The summed E-state index contributed by atoms with van der Waals surface area (Å²) in [6, 6.07) is 3.58. The third kappa shape index (κ3) is 3.09. The zero-order valence-electron chi connectivity index (χ0n) is 10.6. The number of rotatable bonds is 3. The SMILES string of the molecule is Cc1sc(-c2nc(CC(C)C)cc(=O)[nH]2)cc1Br. The van der Waals surface area contributed by atoms with Gasteiger partial charge in [-0.25, -0.2) is 4.98 Å². The second-order valence-corrected chi connectivity index (χ2v) is 6.81. The van der Waals surface area contributed by atoms with Crippen LogP contribution in [0.2, 0.25) is 0 Å². The van der Waals surface area contributed by atoms with Crippen LogP contribution in [0.1, 0.15) is 24.4 Å². The molecule has 0 amide bonds. The summed E-state index contributed by atoms with van der Waals surface area (Å²) in [5, 5.41) is 0. The molecule has 0 aliphatic carbocycles. The predicted molar refractivity (Wildman–Crippen MR) is 79.1 cm³/mol. The van der Waals surface area contributed by atoms with E-state index in [2.05, 4.69) is 39.7 Å². The number of aryl methyl sites for hydroxylation is 1. The van der Waals surface area contributed by atoms with Crippen LogP contribution in [-0.4, -0.2) is 9.97 Å². The molecule has 18 heavy (non-hydrogen) atoms. The van der Waals surface area contributed by atoms with Crippen LogP contribution >= 0.6 is 27.3 Å². The predicted octanol–water partition coefficient (Wildman–Crippen LogP) is 3.77. The summed E-state index contributed by atoms with van der Waals surface area (Å²) in [6.45, 7) is 6.27. The van der Waals surface area contributed by atoms with Crippen LogP contribution in [0.15, 0.2) is 21.4 Å². The molecule has 0 bridgehead atoms. The maximum absolute atomic E-state index is 11.7. The second-order valence-electron chi connectivity index (χ2n) is 4.70. The van der Waals surface area contributed by atoms with E-state index in [1.54, 1.807) is 17.4 Å². The van der Waals surface area contributed by atoms with Crippen molar-refractivity contribution in [3.05, 3.63) is 37.5 Å². The number of hydrogen-bond donors (Lipinski definition) is 1. The molecule has 2 aromatic heterocycles. The first-order valence-corrected chi connectivity index (χ1v) is 7.43. The van der Waals surface area contributed by atoms with Gasteiger partial charge >= 0.3 is 0 Å². The van der Waals surface area contributed by atoms with Crippen molar-refractivity contribution in [2.45, 2.75) is 27.2 Å². The minimum atomic E-state index is -0.0853. The Morgan fingerprint density at radius 1 is 1.44 bits per heavy atom. The third-order valence-electron chi connectivity index (χ3n) is 2.50. The van der Waals surface area contributed by atoms with Crippen molar-refractivity contribution in [2.75, 3.05) is 0 Å². The fraction of sp³-hybridized carbons (Fsp3) is 0.385. The Labute approximate surface area is 118 Å². The van der Waals surface area contributed by atoms with Crippen LogP contribution in [-0.2, 0) is 6.42 Å². The van der Waals surface area contributed by atoms with Crippen LogP contribution in [0.4, 0.5) is 0 Å². The Bertz CT molecular complexity index is 596. The molecular formula is C13H15BrN2OS. The Kier molecular flexibility index (Phi) is 4.02. The van der Waals surface area contributed by atoms with Gasteiger partial charge in [0.1, 0.15) is 0 Å². The summed E-state index contributed by atoms with van der Waals surface area (Å²) >= 11 is 5.11. The van der Waals surface area contributed by atoms with Crippen molar-refractivity contribution in [1.29, 1.82) is 0 Å². The number of aromatic nitrogens is 2. The van der Waals surface area contributed by atoms with Gasteiger partial charge in [-0.3, -0.25) is 4.79 Å². The summed E-state index contributed by atoms with van der Waals surface area (Å²) in [7, 11) is 0. The number of H-pyrrole nitrogens is 1. The molecule has 0 aliphatic heterocycles. The van der Waals surface area contributed by atoms with Gasteiger partial charge in [0, 0.05) is 21.1 Å². The highest BCUT2D eigenvalue weighted by Crippen LogP contribution is 2.31. The summed E-state index contributed by atoms with van der Waals surface area (Å²) in [6.07, 6.45) is 0.822. The van der Waals surface area contributed by atoms with Crippen molar-refractivity contribution in [2.24, 2.45) is 5.92 Å². The van der Waals surface area contributed by atoms with Crippen molar-refractivity contribution >= 4 is 27.3 Å². The van der Waals surface area contributed by atoms with Gasteiger partial charge in [0.25, 0.3) is 5.56 Å². The second kappa shape index (κ2) is 5.36. The Hall–Kier alpha value is -0.940. The normalized spacial score (nSPS) is 11.2. The van der Waals surface area contributed by atoms with Gasteiger partial charge in [-0.1, -0.05) is 13.8 Å². The van der Waals surface area contributed by atoms with Crippen LogP contribution in [0.3, 0.4) is 0 Å². The first-order valence-electron chi connectivity index (χ1n) is 5.82. The molecule has 0 saturated heterocycles. The van der Waals surface area contributed by atoms with Crippen LogP contribution in [0.25, 0.3) is 10.7 Å². The van der Waals surface area contributed by atoms with Crippen molar-refractivity contribution in [1.82, 2.24) is 9.97 Å². The Morgan fingerprint density at radius 2 is 2.17 bits per heavy atom. The van der Waals surface area contributed by atoms with E-state index in [-0.39, 0.29) is 5.56 Å². The van der Waals surface area contributed by atoms with E-state index in [0.29, 0.717) is 11.7 Å². The van der Waals surface area contributed by atoms with E-state index < -0.39 is 0 Å². The van der Waals surface area contributed by atoms with Gasteiger partial charge in [0.05, 0.1) is 4.88 Å². The first kappa shape index (κ1) is 13.5. The topological polar surface area (TPSA) is 45.8 Å². The molecule has 0 radical (unpaired) electrons. The fourth-order valence-corrected chi connectivity index (χ4v) is 3.20. The lowest BCUT2D eigenvalue weighted by Gasteiger charge is -2.05. The smallest absolute Gasteiger partial charge is 0.251 e. The van der Waals surface area contributed by atoms with Gasteiger partial charge in [-0.05, 0) is 41.3 Å². The Morgan fingerprint density at radius 3 is 2.72 bits per heavy atom. The molecule has 0 spiro atoms. The van der Waals surface area contributed by atoms with Crippen molar-refractivity contribution < 1.29 is 0 Å². The number of hydrogen-bond acceptors (Lipinski definition) is 3. The summed E-state index contributed by atoms with van der Waals surface area (Å²) in [5.74, 6) is 1.15. The Balaban J connectivity index is 2.44. The molecule has 3 nitrogen and oxygen atoms in total. The van der Waals surface area contributed by atoms with Gasteiger partial charge in [-0.2, -0.15) is 0 Å². The molecule has 5 heteroatoms. The highest BCUT2D eigenvalue weighted by atomic mass is 79.9. The van der Waals surface area contributed by atoms with E-state index in [1.165, 1.54) is 4.88 Å². The maximum Gasteiger partial charge on any atom is 0.251 e. The summed E-state index contributed by atoms with van der Waals surface area (Å²) in [4.78, 5) is 21.2. The molecule has 1 N–H and O–H groups in total. The van der Waals surface area contributed by atoms with E-state index in [1.807, 2.05) is 13.0 Å². The molecule has 0 fully saturated rings.